The van der Waals surface area contributed by atoms with Gasteiger partial charge in [0.15, 0.2) is 11.9 Å². The van der Waals surface area contributed by atoms with Gasteiger partial charge in [0.05, 0.1) is 0 Å². The molecule has 8 heteroatoms. The smallest absolute Gasteiger partial charge is 0.303 e. The van der Waals surface area contributed by atoms with Crippen LogP contribution in [0.15, 0.2) is 18.3 Å². The van der Waals surface area contributed by atoms with E-state index in [9.17, 15) is 4.79 Å². The van der Waals surface area contributed by atoms with Gasteiger partial charge in [0.25, 0.3) is 0 Å². The lowest BCUT2D eigenvalue weighted by Crippen LogP contribution is -2.47. The fourth-order valence-electron chi connectivity index (χ4n) is 3.06. The highest BCUT2D eigenvalue weighted by Gasteiger charge is 2.21. The minimum atomic E-state index is -0.458. The molecule has 1 aliphatic heterocycles. The third-order valence-corrected chi connectivity index (χ3v) is 4.25. The van der Waals surface area contributed by atoms with Crippen molar-refractivity contribution < 1.29 is 9.53 Å². The summed E-state index contributed by atoms with van der Waals surface area (Å²) < 4.78 is 5.17. The zero-order valence-corrected chi connectivity index (χ0v) is 15.6. The highest BCUT2D eigenvalue weighted by molar-refractivity contribution is 5.66. The molecule has 138 valence electrons. The van der Waals surface area contributed by atoms with Gasteiger partial charge in [-0.1, -0.05) is 0 Å². The third-order valence-electron chi connectivity index (χ3n) is 4.25. The highest BCUT2D eigenvalue weighted by atomic mass is 16.5. The van der Waals surface area contributed by atoms with Crippen molar-refractivity contribution >= 4 is 17.6 Å². The molecule has 1 atom stereocenters. The van der Waals surface area contributed by atoms with Gasteiger partial charge in [-0.2, -0.15) is 0 Å². The van der Waals surface area contributed by atoms with Crippen molar-refractivity contribution in [1.82, 2.24) is 19.9 Å². The number of piperazine rings is 1. The lowest BCUT2D eigenvalue weighted by atomic mass is 10.3. The summed E-state index contributed by atoms with van der Waals surface area (Å²) in [5.74, 6) is 2.80. The highest BCUT2D eigenvalue weighted by Crippen LogP contribution is 2.20. The molecule has 0 bridgehead atoms. The number of ether oxygens (including phenoxy) is 1. The number of hydrogen-bond donors (Lipinski definition) is 0. The number of carbonyl (C=O) groups is 1. The van der Waals surface area contributed by atoms with Crippen molar-refractivity contribution in [3.8, 4) is 0 Å². The SMILES string of the molecule is CC(=O)O[C@H](C)c1nccc(N2CCN(c3cc(C)nc(C)n3)CC2)n1. The lowest BCUT2D eigenvalue weighted by molar-refractivity contribution is -0.146. The summed E-state index contributed by atoms with van der Waals surface area (Å²) in [6.45, 7) is 10.4. The van der Waals surface area contributed by atoms with Crippen LogP contribution in [0.3, 0.4) is 0 Å². The first-order valence-electron chi connectivity index (χ1n) is 8.74. The number of rotatable bonds is 4. The van der Waals surface area contributed by atoms with Crippen LogP contribution in [0.2, 0.25) is 0 Å². The van der Waals surface area contributed by atoms with Crippen LogP contribution in [0.1, 0.15) is 37.3 Å². The Bertz CT molecular complexity index is 769. The monoisotopic (exact) mass is 356 g/mol. The molecular formula is C18H24N6O2. The van der Waals surface area contributed by atoms with E-state index in [0.29, 0.717) is 5.82 Å². The molecule has 2 aromatic heterocycles. The van der Waals surface area contributed by atoms with Crippen LogP contribution >= 0.6 is 0 Å². The van der Waals surface area contributed by atoms with E-state index in [0.717, 1.165) is 49.3 Å². The molecular weight excluding hydrogens is 332 g/mol. The van der Waals surface area contributed by atoms with Crippen LogP contribution in [0.5, 0.6) is 0 Å². The van der Waals surface area contributed by atoms with Gasteiger partial charge in [-0.05, 0) is 26.8 Å². The fraction of sp³-hybridized carbons (Fsp3) is 0.500. The maximum Gasteiger partial charge on any atom is 0.303 e. The lowest BCUT2D eigenvalue weighted by Gasteiger charge is -2.36. The summed E-state index contributed by atoms with van der Waals surface area (Å²) in [4.78, 5) is 33.3. The molecule has 1 fully saturated rings. The molecule has 3 rings (SSSR count). The molecule has 0 saturated carbocycles. The molecule has 0 radical (unpaired) electrons. The summed E-state index contributed by atoms with van der Waals surface area (Å²) in [5.41, 5.74) is 0.981. The number of aryl methyl sites for hydroxylation is 2. The quantitative estimate of drug-likeness (QED) is 0.767. The van der Waals surface area contributed by atoms with Crippen molar-refractivity contribution in [2.45, 2.75) is 33.8 Å². The molecule has 0 unspecified atom stereocenters. The van der Waals surface area contributed by atoms with Crippen LogP contribution in [-0.4, -0.2) is 52.1 Å². The van der Waals surface area contributed by atoms with Crippen LogP contribution in [0.25, 0.3) is 0 Å². The van der Waals surface area contributed by atoms with E-state index in [2.05, 4.69) is 29.7 Å². The van der Waals surface area contributed by atoms with E-state index >= 15 is 0 Å². The minimum Gasteiger partial charge on any atom is -0.455 e. The first-order chi connectivity index (χ1) is 12.4. The molecule has 1 aliphatic rings. The molecule has 0 spiro atoms. The van der Waals surface area contributed by atoms with Crippen molar-refractivity contribution in [2.24, 2.45) is 0 Å². The van der Waals surface area contributed by atoms with Crippen LogP contribution < -0.4 is 9.80 Å². The predicted molar refractivity (Wildman–Crippen MR) is 98.1 cm³/mol. The second kappa shape index (κ2) is 7.63. The van der Waals surface area contributed by atoms with Crippen molar-refractivity contribution in [3.05, 3.63) is 35.7 Å². The first-order valence-corrected chi connectivity index (χ1v) is 8.74. The van der Waals surface area contributed by atoms with Gasteiger partial charge >= 0.3 is 5.97 Å². The Hall–Kier alpha value is -2.77. The minimum absolute atomic E-state index is 0.337. The molecule has 26 heavy (non-hydrogen) atoms. The molecule has 8 nitrogen and oxygen atoms in total. The van der Waals surface area contributed by atoms with Crippen molar-refractivity contribution in [2.75, 3.05) is 36.0 Å². The van der Waals surface area contributed by atoms with Gasteiger partial charge in [0, 0.05) is 51.1 Å². The number of nitrogens with zero attached hydrogens (tertiary/aromatic N) is 6. The second-order valence-electron chi connectivity index (χ2n) is 6.41. The number of anilines is 2. The van der Waals surface area contributed by atoms with Crippen LogP contribution in [0, 0.1) is 13.8 Å². The van der Waals surface area contributed by atoms with Crippen LogP contribution in [0.4, 0.5) is 11.6 Å². The topological polar surface area (TPSA) is 84.3 Å². The Morgan fingerprint density at radius 2 is 1.73 bits per heavy atom. The van der Waals surface area contributed by atoms with Gasteiger partial charge in [0.2, 0.25) is 0 Å². The molecule has 1 saturated heterocycles. The van der Waals surface area contributed by atoms with E-state index in [1.807, 2.05) is 26.0 Å². The van der Waals surface area contributed by atoms with Crippen molar-refractivity contribution in [3.63, 3.8) is 0 Å². The molecule has 3 heterocycles. The Balaban J connectivity index is 1.67. The van der Waals surface area contributed by atoms with Gasteiger partial charge in [-0.25, -0.2) is 19.9 Å². The second-order valence-corrected chi connectivity index (χ2v) is 6.41. The number of aromatic nitrogens is 4. The summed E-state index contributed by atoms with van der Waals surface area (Å²) in [7, 11) is 0. The zero-order valence-electron chi connectivity index (χ0n) is 15.6. The maximum atomic E-state index is 11.1. The summed E-state index contributed by atoms with van der Waals surface area (Å²) in [5, 5.41) is 0. The average molecular weight is 356 g/mol. The average Bonchev–Trinajstić information content (AvgIpc) is 2.60. The molecule has 0 N–H and O–H groups in total. The Morgan fingerprint density at radius 1 is 1.08 bits per heavy atom. The molecule has 0 amide bonds. The van der Waals surface area contributed by atoms with Gasteiger partial charge < -0.3 is 14.5 Å². The molecule has 0 aliphatic carbocycles. The Kier molecular flexibility index (Phi) is 5.29. The van der Waals surface area contributed by atoms with E-state index in [-0.39, 0.29) is 5.97 Å². The largest absolute Gasteiger partial charge is 0.455 e. The van der Waals surface area contributed by atoms with Gasteiger partial charge in [-0.3, -0.25) is 4.79 Å². The van der Waals surface area contributed by atoms with Gasteiger partial charge in [0.1, 0.15) is 17.5 Å². The van der Waals surface area contributed by atoms with E-state index in [4.69, 9.17) is 4.74 Å². The van der Waals surface area contributed by atoms with Gasteiger partial charge in [-0.15, -0.1) is 0 Å². The standard InChI is InChI=1S/C18H24N6O2/c1-12-11-17(21-14(3)20-12)24-9-7-23(8-10-24)16-5-6-19-18(22-16)13(2)26-15(4)25/h5-6,11,13H,7-10H2,1-4H3/t13-/m1/s1. The summed E-state index contributed by atoms with van der Waals surface area (Å²) >= 11 is 0. The maximum absolute atomic E-state index is 11.1. The van der Waals surface area contributed by atoms with E-state index < -0.39 is 6.10 Å². The Morgan fingerprint density at radius 3 is 2.35 bits per heavy atom. The zero-order chi connectivity index (χ0) is 18.7. The normalized spacial score (nSPS) is 15.7. The summed E-state index contributed by atoms with van der Waals surface area (Å²) in [6.07, 6.45) is 1.25. The third kappa shape index (κ3) is 4.25. The fourth-order valence-corrected chi connectivity index (χ4v) is 3.06. The Labute approximate surface area is 153 Å². The number of esters is 1. The summed E-state index contributed by atoms with van der Waals surface area (Å²) in [6, 6.07) is 3.91. The number of hydrogen-bond acceptors (Lipinski definition) is 8. The van der Waals surface area contributed by atoms with E-state index in [1.165, 1.54) is 6.92 Å². The van der Waals surface area contributed by atoms with Crippen LogP contribution in [-0.2, 0) is 9.53 Å². The molecule has 0 aromatic carbocycles. The van der Waals surface area contributed by atoms with Crippen molar-refractivity contribution in [1.29, 1.82) is 0 Å². The van der Waals surface area contributed by atoms with E-state index in [1.54, 1.807) is 13.1 Å². The number of carbonyl (C=O) groups excluding carboxylic acids is 1. The predicted octanol–water partition coefficient (Wildman–Crippen LogP) is 1.83. The first kappa shape index (κ1) is 18.0. The molecule has 2 aromatic rings.